The Bertz CT molecular complexity index is 531. The zero-order chi connectivity index (χ0) is 13.1. The van der Waals surface area contributed by atoms with Crippen molar-refractivity contribution in [1.29, 1.82) is 0 Å². The highest BCUT2D eigenvalue weighted by Gasteiger charge is 2.11. The van der Waals surface area contributed by atoms with Gasteiger partial charge in [-0.3, -0.25) is 0 Å². The number of aryl methyl sites for hydroxylation is 2. The van der Waals surface area contributed by atoms with Crippen molar-refractivity contribution < 1.29 is 5.11 Å². The molecule has 0 amide bonds. The molecule has 1 nitrogen and oxygen atoms in total. The number of rotatable bonds is 3. The molecule has 0 fully saturated rings. The lowest BCUT2D eigenvalue weighted by Crippen LogP contribution is -2.04. The summed E-state index contributed by atoms with van der Waals surface area (Å²) in [4.78, 5) is 0. The van der Waals surface area contributed by atoms with Gasteiger partial charge in [-0.05, 0) is 42.7 Å². The molecule has 0 aromatic heterocycles. The first-order valence-electron chi connectivity index (χ1n) is 6.06. The molecule has 2 aromatic rings. The molecule has 1 atom stereocenters. The Morgan fingerprint density at radius 2 is 1.72 bits per heavy atom. The Balaban J connectivity index is 2.18. The van der Waals surface area contributed by atoms with Crippen molar-refractivity contribution >= 4 is 11.6 Å². The van der Waals surface area contributed by atoms with Crippen molar-refractivity contribution in [3.8, 4) is 0 Å². The van der Waals surface area contributed by atoms with Crippen LogP contribution in [-0.2, 0) is 6.42 Å². The Morgan fingerprint density at radius 1 is 1.06 bits per heavy atom. The number of hydrogen-bond donors (Lipinski definition) is 1. The van der Waals surface area contributed by atoms with Gasteiger partial charge >= 0.3 is 0 Å². The van der Waals surface area contributed by atoms with Gasteiger partial charge < -0.3 is 5.11 Å². The molecule has 0 aliphatic heterocycles. The lowest BCUT2D eigenvalue weighted by molar-refractivity contribution is 0.177. The van der Waals surface area contributed by atoms with Crippen LogP contribution in [0.25, 0.3) is 0 Å². The SMILES string of the molecule is Cc1ccc(CC(O)c2cc(Cl)ccc2C)cc1. The van der Waals surface area contributed by atoms with Crippen molar-refractivity contribution in [3.05, 3.63) is 69.7 Å². The number of aliphatic hydroxyl groups is 1. The van der Waals surface area contributed by atoms with E-state index >= 15 is 0 Å². The van der Waals surface area contributed by atoms with Gasteiger partial charge in [0, 0.05) is 11.4 Å². The second-order valence-corrected chi connectivity index (χ2v) is 5.14. The summed E-state index contributed by atoms with van der Waals surface area (Å²) in [5, 5.41) is 11.0. The van der Waals surface area contributed by atoms with Crippen molar-refractivity contribution in [3.63, 3.8) is 0 Å². The normalized spacial score (nSPS) is 12.4. The zero-order valence-electron chi connectivity index (χ0n) is 10.7. The number of aliphatic hydroxyl groups excluding tert-OH is 1. The third kappa shape index (κ3) is 3.12. The minimum atomic E-state index is -0.508. The van der Waals surface area contributed by atoms with Crippen LogP contribution in [0.1, 0.15) is 28.4 Å². The summed E-state index contributed by atoms with van der Waals surface area (Å²) in [6.45, 7) is 4.05. The van der Waals surface area contributed by atoms with Gasteiger partial charge in [0.15, 0.2) is 0 Å². The summed E-state index contributed by atoms with van der Waals surface area (Å²) >= 11 is 5.97. The molecule has 0 spiro atoms. The zero-order valence-corrected chi connectivity index (χ0v) is 11.4. The summed E-state index contributed by atoms with van der Waals surface area (Å²) in [5.41, 5.74) is 4.33. The van der Waals surface area contributed by atoms with E-state index in [1.54, 1.807) is 0 Å². The predicted molar refractivity (Wildman–Crippen MR) is 76.0 cm³/mol. The fourth-order valence-corrected chi connectivity index (χ4v) is 2.21. The molecule has 18 heavy (non-hydrogen) atoms. The number of hydrogen-bond acceptors (Lipinski definition) is 1. The van der Waals surface area contributed by atoms with Crippen LogP contribution >= 0.6 is 11.6 Å². The molecule has 1 N–H and O–H groups in total. The minimum Gasteiger partial charge on any atom is -0.388 e. The first-order valence-corrected chi connectivity index (χ1v) is 6.44. The highest BCUT2D eigenvalue weighted by Crippen LogP contribution is 2.24. The maximum atomic E-state index is 10.3. The van der Waals surface area contributed by atoms with E-state index in [-0.39, 0.29) is 0 Å². The molecule has 94 valence electrons. The standard InChI is InChI=1S/C16H17ClO/c1-11-3-6-13(7-4-11)9-16(18)15-10-14(17)8-5-12(15)2/h3-8,10,16,18H,9H2,1-2H3. The molecular formula is C16H17ClO. The monoisotopic (exact) mass is 260 g/mol. The fourth-order valence-electron chi connectivity index (χ4n) is 2.03. The quantitative estimate of drug-likeness (QED) is 0.876. The Kier molecular flexibility index (Phi) is 4.05. The number of benzene rings is 2. The molecule has 1 unspecified atom stereocenters. The summed E-state index contributed by atoms with van der Waals surface area (Å²) < 4.78 is 0. The Hall–Kier alpha value is -1.31. The molecule has 2 aromatic carbocycles. The minimum absolute atomic E-state index is 0.508. The van der Waals surface area contributed by atoms with Gasteiger partial charge in [0.05, 0.1) is 6.10 Å². The largest absolute Gasteiger partial charge is 0.388 e. The first-order chi connectivity index (χ1) is 8.56. The van der Waals surface area contributed by atoms with E-state index < -0.39 is 6.10 Å². The lowest BCUT2D eigenvalue weighted by Gasteiger charge is -2.14. The van der Waals surface area contributed by atoms with E-state index in [0.717, 1.165) is 16.7 Å². The second kappa shape index (κ2) is 5.55. The molecule has 0 saturated heterocycles. The van der Waals surface area contributed by atoms with Crippen molar-refractivity contribution in [1.82, 2.24) is 0 Å². The molecule has 2 heteroatoms. The van der Waals surface area contributed by atoms with Crippen LogP contribution in [0.4, 0.5) is 0 Å². The third-order valence-corrected chi connectivity index (χ3v) is 3.39. The van der Waals surface area contributed by atoms with Crippen molar-refractivity contribution in [2.75, 3.05) is 0 Å². The Labute approximate surface area is 113 Å². The average Bonchev–Trinajstić information content (AvgIpc) is 2.35. The van der Waals surface area contributed by atoms with E-state index in [2.05, 4.69) is 31.2 Å². The lowest BCUT2D eigenvalue weighted by atomic mass is 9.97. The van der Waals surface area contributed by atoms with Gasteiger partial charge in [0.2, 0.25) is 0 Å². The van der Waals surface area contributed by atoms with Crippen LogP contribution in [0.5, 0.6) is 0 Å². The molecular weight excluding hydrogens is 244 g/mol. The molecule has 0 saturated carbocycles. The number of halogens is 1. The maximum Gasteiger partial charge on any atom is 0.0833 e. The first kappa shape index (κ1) is 13.1. The second-order valence-electron chi connectivity index (χ2n) is 4.71. The van der Waals surface area contributed by atoms with E-state index in [9.17, 15) is 5.11 Å². The summed E-state index contributed by atoms with van der Waals surface area (Å²) in [6, 6.07) is 13.9. The molecule has 0 radical (unpaired) electrons. The van der Waals surface area contributed by atoms with Gasteiger partial charge in [0.1, 0.15) is 0 Å². The van der Waals surface area contributed by atoms with Gasteiger partial charge in [-0.2, -0.15) is 0 Å². The smallest absolute Gasteiger partial charge is 0.0833 e. The topological polar surface area (TPSA) is 20.2 Å². The molecule has 0 aliphatic carbocycles. The van der Waals surface area contributed by atoms with Crippen LogP contribution < -0.4 is 0 Å². The van der Waals surface area contributed by atoms with E-state index in [1.165, 1.54) is 5.56 Å². The van der Waals surface area contributed by atoms with Crippen molar-refractivity contribution in [2.24, 2.45) is 0 Å². The highest BCUT2D eigenvalue weighted by molar-refractivity contribution is 6.30. The van der Waals surface area contributed by atoms with E-state index in [0.29, 0.717) is 11.4 Å². The summed E-state index contributed by atoms with van der Waals surface area (Å²) in [7, 11) is 0. The third-order valence-electron chi connectivity index (χ3n) is 3.15. The average molecular weight is 261 g/mol. The van der Waals surface area contributed by atoms with Crippen LogP contribution in [0, 0.1) is 13.8 Å². The highest BCUT2D eigenvalue weighted by atomic mass is 35.5. The predicted octanol–water partition coefficient (Wildman–Crippen LogP) is 4.23. The van der Waals surface area contributed by atoms with Crippen molar-refractivity contribution in [2.45, 2.75) is 26.4 Å². The van der Waals surface area contributed by atoms with Crippen LogP contribution in [0.2, 0.25) is 5.02 Å². The molecule has 2 rings (SSSR count). The van der Waals surface area contributed by atoms with E-state index in [1.807, 2.05) is 25.1 Å². The van der Waals surface area contributed by atoms with E-state index in [4.69, 9.17) is 11.6 Å². The summed E-state index contributed by atoms with van der Waals surface area (Å²) in [5.74, 6) is 0. The molecule has 0 heterocycles. The van der Waals surface area contributed by atoms with Gasteiger partial charge in [-0.15, -0.1) is 0 Å². The van der Waals surface area contributed by atoms with Gasteiger partial charge in [0.25, 0.3) is 0 Å². The fraction of sp³-hybridized carbons (Fsp3) is 0.250. The van der Waals surface area contributed by atoms with Gasteiger partial charge in [-0.1, -0.05) is 47.5 Å². The van der Waals surface area contributed by atoms with Crippen LogP contribution in [0.15, 0.2) is 42.5 Å². The van der Waals surface area contributed by atoms with Gasteiger partial charge in [-0.25, -0.2) is 0 Å². The Morgan fingerprint density at radius 3 is 2.39 bits per heavy atom. The summed E-state index contributed by atoms with van der Waals surface area (Å²) in [6.07, 6.45) is 0.105. The van der Waals surface area contributed by atoms with Crippen LogP contribution in [-0.4, -0.2) is 5.11 Å². The maximum absolute atomic E-state index is 10.3. The van der Waals surface area contributed by atoms with Crippen LogP contribution in [0.3, 0.4) is 0 Å². The molecule has 0 bridgehead atoms. The molecule has 0 aliphatic rings.